The molecule has 0 aliphatic carbocycles. The molecule has 0 aliphatic rings. The number of amides is 1. The Morgan fingerprint density at radius 3 is 2.89 bits per heavy atom. The van der Waals surface area contributed by atoms with Crippen molar-refractivity contribution in [3.05, 3.63) is 53.3 Å². The normalized spacial score (nSPS) is 10.3. The molecule has 94 valence electrons. The highest BCUT2D eigenvalue weighted by Crippen LogP contribution is 2.10. The molecule has 4 nitrogen and oxygen atoms in total. The average Bonchev–Trinajstić information content (AvgIpc) is 2.89. The van der Waals surface area contributed by atoms with Gasteiger partial charge in [0, 0.05) is 19.3 Å². The molecule has 2 aromatic rings. The predicted molar refractivity (Wildman–Crippen MR) is 70.2 cm³/mol. The number of hydrogen-bond acceptors (Lipinski definition) is 2. The van der Waals surface area contributed by atoms with Gasteiger partial charge in [-0.25, -0.2) is 0 Å². The van der Waals surface area contributed by atoms with Gasteiger partial charge < -0.3 is 4.90 Å². The molecule has 2 rings (SSSR count). The first-order chi connectivity index (χ1) is 8.70. The molecule has 0 aliphatic heterocycles. The van der Waals surface area contributed by atoms with Crippen LogP contribution in [0.15, 0.2) is 36.7 Å². The number of carbonyl (C=O) groups is 1. The number of rotatable bonds is 4. The fourth-order valence-corrected chi connectivity index (χ4v) is 1.91. The maximum absolute atomic E-state index is 12.2. The van der Waals surface area contributed by atoms with Crippen LogP contribution in [0.25, 0.3) is 0 Å². The van der Waals surface area contributed by atoms with Crippen molar-refractivity contribution in [3.63, 3.8) is 0 Å². The largest absolute Gasteiger partial charge is 0.335 e. The van der Waals surface area contributed by atoms with Gasteiger partial charge in [-0.3, -0.25) is 9.89 Å². The SMILES string of the molecule is CCN(Cc1cccc(C)c1)C(=O)c1cn[nH]c1. The van der Waals surface area contributed by atoms with E-state index in [1.807, 2.05) is 19.1 Å². The second-order valence-electron chi connectivity index (χ2n) is 4.30. The summed E-state index contributed by atoms with van der Waals surface area (Å²) in [7, 11) is 0. The predicted octanol–water partition coefficient (Wildman–Crippen LogP) is 2.38. The van der Waals surface area contributed by atoms with Gasteiger partial charge in [0.25, 0.3) is 5.91 Å². The Balaban J connectivity index is 2.12. The van der Waals surface area contributed by atoms with Gasteiger partial charge in [-0.15, -0.1) is 0 Å². The Bertz CT molecular complexity index is 520. The standard InChI is InChI=1S/C14H17N3O/c1-3-17(14(18)13-8-15-16-9-13)10-12-6-4-5-11(2)7-12/h4-9H,3,10H2,1-2H3,(H,15,16). The first kappa shape index (κ1) is 12.4. The Hall–Kier alpha value is -2.10. The summed E-state index contributed by atoms with van der Waals surface area (Å²) in [6, 6.07) is 8.21. The summed E-state index contributed by atoms with van der Waals surface area (Å²) in [5.74, 6) is 0.00718. The molecule has 0 atom stereocenters. The second kappa shape index (κ2) is 5.49. The summed E-state index contributed by atoms with van der Waals surface area (Å²) in [5, 5.41) is 6.47. The van der Waals surface area contributed by atoms with Crippen LogP contribution in [0, 0.1) is 6.92 Å². The van der Waals surface area contributed by atoms with Gasteiger partial charge in [-0.1, -0.05) is 29.8 Å². The van der Waals surface area contributed by atoms with Gasteiger partial charge in [0.15, 0.2) is 0 Å². The maximum Gasteiger partial charge on any atom is 0.257 e. The second-order valence-corrected chi connectivity index (χ2v) is 4.30. The smallest absolute Gasteiger partial charge is 0.257 e. The molecular weight excluding hydrogens is 226 g/mol. The lowest BCUT2D eigenvalue weighted by molar-refractivity contribution is 0.0752. The topological polar surface area (TPSA) is 49.0 Å². The lowest BCUT2D eigenvalue weighted by Crippen LogP contribution is -2.30. The van der Waals surface area contributed by atoms with Crippen molar-refractivity contribution >= 4 is 5.91 Å². The molecule has 1 heterocycles. The molecular formula is C14H17N3O. The molecule has 18 heavy (non-hydrogen) atoms. The number of hydrogen-bond donors (Lipinski definition) is 1. The van der Waals surface area contributed by atoms with Gasteiger partial charge >= 0.3 is 0 Å². The number of aryl methyl sites for hydroxylation is 1. The summed E-state index contributed by atoms with van der Waals surface area (Å²) in [4.78, 5) is 14.0. The van der Waals surface area contributed by atoms with E-state index in [4.69, 9.17) is 0 Å². The lowest BCUT2D eigenvalue weighted by Gasteiger charge is -2.20. The van der Waals surface area contributed by atoms with Gasteiger partial charge in [0.1, 0.15) is 0 Å². The van der Waals surface area contributed by atoms with Crippen molar-refractivity contribution in [2.75, 3.05) is 6.54 Å². The lowest BCUT2D eigenvalue weighted by atomic mass is 10.1. The van der Waals surface area contributed by atoms with E-state index in [1.165, 1.54) is 5.56 Å². The van der Waals surface area contributed by atoms with E-state index in [-0.39, 0.29) is 5.91 Å². The molecule has 1 amide bonds. The van der Waals surface area contributed by atoms with Gasteiger partial charge in [0.05, 0.1) is 11.8 Å². The summed E-state index contributed by atoms with van der Waals surface area (Å²) in [6.07, 6.45) is 3.18. The van der Waals surface area contributed by atoms with Crippen LogP contribution in [-0.4, -0.2) is 27.5 Å². The molecule has 0 saturated heterocycles. The number of aromatic nitrogens is 2. The molecule has 1 aromatic heterocycles. The number of nitrogens with one attached hydrogen (secondary N) is 1. The van der Waals surface area contributed by atoms with Crippen LogP contribution in [0.5, 0.6) is 0 Å². The van der Waals surface area contributed by atoms with Gasteiger partial charge in [-0.05, 0) is 19.4 Å². The molecule has 0 saturated carbocycles. The first-order valence-corrected chi connectivity index (χ1v) is 6.04. The van der Waals surface area contributed by atoms with Crippen molar-refractivity contribution in [1.29, 1.82) is 0 Å². The van der Waals surface area contributed by atoms with Crippen LogP contribution in [0.1, 0.15) is 28.4 Å². The molecule has 4 heteroatoms. The van der Waals surface area contributed by atoms with Gasteiger partial charge in [0.2, 0.25) is 0 Å². The monoisotopic (exact) mass is 243 g/mol. The summed E-state index contributed by atoms with van der Waals surface area (Å²) in [6.45, 7) is 5.34. The number of aromatic amines is 1. The number of H-pyrrole nitrogens is 1. The molecule has 0 bridgehead atoms. The van der Waals surface area contributed by atoms with Crippen LogP contribution in [0.2, 0.25) is 0 Å². The first-order valence-electron chi connectivity index (χ1n) is 6.04. The molecule has 1 aromatic carbocycles. The van der Waals surface area contributed by atoms with E-state index < -0.39 is 0 Å². The molecule has 0 unspecified atom stereocenters. The van der Waals surface area contributed by atoms with E-state index in [2.05, 4.69) is 29.3 Å². The van der Waals surface area contributed by atoms with Crippen molar-refractivity contribution in [1.82, 2.24) is 15.1 Å². The van der Waals surface area contributed by atoms with Crippen molar-refractivity contribution < 1.29 is 4.79 Å². The quantitative estimate of drug-likeness (QED) is 0.896. The summed E-state index contributed by atoms with van der Waals surface area (Å²) >= 11 is 0. The van der Waals surface area contributed by atoms with Crippen LogP contribution in [-0.2, 0) is 6.54 Å². The number of nitrogens with zero attached hydrogens (tertiary/aromatic N) is 2. The summed E-state index contributed by atoms with van der Waals surface area (Å²) in [5.41, 5.74) is 2.96. The van der Waals surface area contributed by atoms with Crippen LogP contribution in [0.4, 0.5) is 0 Å². The van der Waals surface area contributed by atoms with E-state index in [1.54, 1.807) is 17.3 Å². The van der Waals surface area contributed by atoms with Crippen molar-refractivity contribution in [3.8, 4) is 0 Å². The Morgan fingerprint density at radius 2 is 2.28 bits per heavy atom. The van der Waals surface area contributed by atoms with Gasteiger partial charge in [-0.2, -0.15) is 5.10 Å². The summed E-state index contributed by atoms with van der Waals surface area (Å²) < 4.78 is 0. The third-order valence-corrected chi connectivity index (χ3v) is 2.87. The number of benzene rings is 1. The zero-order valence-electron chi connectivity index (χ0n) is 10.7. The maximum atomic E-state index is 12.2. The molecule has 0 spiro atoms. The van der Waals surface area contributed by atoms with Crippen LogP contribution >= 0.6 is 0 Å². The molecule has 1 N–H and O–H groups in total. The zero-order valence-corrected chi connectivity index (χ0v) is 10.7. The van der Waals surface area contributed by atoms with E-state index in [9.17, 15) is 4.79 Å². The molecule has 0 radical (unpaired) electrons. The average molecular weight is 243 g/mol. The minimum absolute atomic E-state index is 0.00718. The van der Waals surface area contributed by atoms with E-state index in [0.29, 0.717) is 18.7 Å². The van der Waals surface area contributed by atoms with E-state index >= 15 is 0 Å². The van der Waals surface area contributed by atoms with Crippen LogP contribution < -0.4 is 0 Å². The van der Waals surface area contributed by atoms with Crippen molar-refractivity contribution in [2.45, 2.75) is 20.4 Å². The highest BCUT2D eigenvalue weighted by atomic mass is 16.2. The minimum Gasteiger partial charge on any atom is -0.335 e. The fraction of sp³-hybridized carbons (Fsp3) is 0.286. The highest BCUT2D eigenvalue weighted by Gasteiger charge is 2.15. The minimum atomic E-state index is 0.00718. The number of carbonyl (C=O) groups excluding carboxylic acids is 1. The Morgan fingerprint density at radius 1 is 1.44 bits per heavy atom. The Kier molecular flexibility index (Phi) is 3.77. The third kappa shape index (κ3) is 2.77. The highest BCUT2D eigenvalue weighted by molar-refractivity contribution is 5.93. The fourth-order valence-electron chi connectivity index (χ4n) is 1.91. The van der Waals surface area contributed by atoms with E-state index in [0.717, 1.165) is 5.56 Å². The molecule has 0 fully saturated rings. The third-order valence-electron chi connectivity index (χ3n) is 2.87. The Labute approximate surface area is 107 Å². The van der Waals surface area contributed by atoms with Crippen molar-refractivity contribution in [2.24, 2.45) is 0 Å². The van der Waals surface area contributed by atoms with Crippen LogP contribution in [0.3, 0.4) is 0 Å². The zero-order chi connectivity index (χ0) is 13.0.